The normalized spacial score (nSPS) is 41.9. The molecule has 0 heterocycles. The summed E-state index contributed by atoms with van der Waals surface area (Å²) in [6, 6.07) is 0.448. The first-order valence-corrected chi connectivity index (χ1v) is 7.15. The van der Waals surface area contributed by atoms with Crippen LogP contribution in [0.2, 0.25) is 0 Å². The fraction of sp³-hybridized carbons (Fsp3) is 0.812. The Morgan fingerprint density at radius 1 is 1.41 bits per heavy atom. The summed E-state index contributed by atoms with van der Waals surface area (Å²) in [5.41, 5.74) is 1.90. The van der Waals surface area contributed by atoms with Gasteiger partial charge in [0.05, 0.1) is 6.04 Å². The van der Waals surface area contributed by atoms with Crippen molar-refractivity contribution < 1.29 is 0 Å². The Hall–Kier alpha value is -0.590. The Kier molecular flexibility index (Phi) is 3.47. The highest BCUT2D eigenvalue weighted by Crippen LogP contribution is 2.54. The molecule has 1 spiro atoms. The standard InChI is InChI=1S/C16H27N/c1-11(2)14-7-6-13(4)16(15(14)17-5)9-8-12(3)10-16/h10-11,13-15H,5-9H2,1-4H3/t13-,14-,15+,16+/m0/s1. The number of nitrogens with zero attached hydrogens (tertiary/aromatic N) is 1. The van der Waals surface area contributed by atoms with E-state index < -0.39 is 0 Å². The van der Waals surface area contributed by atoms with Gasteiger partial charge in [-0.2, -0.15) is 0 Å². The van der Waals surface area contributed by atoms with Gasteiger partial charge in [0.1, 0.15) is 0 Å². The number of hydrogen-bond donors (Lipinski definition) is 0. The fourth-order valence-corrected chi connectivity index (χ4v) is 4.20. The summed E-state index contributed by atoms with van der Waals surface area (Å²) in [5, 5.41) is 0. The Morgan fingerprint density at radius 3 is 2.59 bits per heavy atom. The van der Waals surface area contributed by atoms with Crippen molar-refractivity contribution in [1.82, 2.24) is 0 Å². The summed E-state index contributed by atoms with van der Waals surface area (Å²) in [6.45, 7) is 13.3. The van der Waals surface area contributed by atoms with E-state index in [-0.39, 0.29) is 0 Å². The summed E-state index contributed by atoms with van der Waals surface area (Å²) in [4.78, 5) is 4.58. The van der Waals surface area contributed by atoms with Gasteiger partial charge in [0, 0.05) is 5.41 Å². The lowest BCUT2D eigenvalue weighted by molar-refractivity contribution is 0.0648. The molecule has 17 heavy (non-hydrogen) atoms. The van der Waals surface area contributed by atoms with E-state index in [1.165, 1.54) is 25.7 Å². The summed E-state index contributed by atoms with van der Waals surface area (Å²) >= 11 is 0. The Morgan fingerprint density at radius 2 is 2.12 bits per heavy atom. The first kappa shape index (κ1) is 12.9. The number of allylic oxidation sites excluding steroid dienone is 1. The SMILES string of the molecule is C=N[C@@H]1[C@H](C(C)C)CC[C@H](C)[C@@]12C=C(C)CC2. The van der Waals surface area contributed by atoms with Gasteiger partial charge in [-0.15, -0.1) is 0 Å². The first-order valence-electron chi connectivity index (χ1n) is 7.15. The van der Waals surface area contributed by atoms with Crippen LogP contribution in [0.25, 0.3) is 0 Å². The molecule has 2 aliphatic carbocycles. The molecule has 0 aromatic heterocycles. The molecule has 0 unspecified atom stereocenters. The highest BCUT2D eigenvalue weighted by Gasteiger charge is 2.50. The van der Waals surface area contributed by atoms with E-state index in [0.29, 0.717) is 11.5 Å². The first-order chi connectivity index (χ1) is 8.01. The zero-order chi connectivity index (χ0) is 12.6. The fourth-order valence-electron chi connectivity index (χ4n) is 4.20. The van der Waals surface area contributed by atoms with Gasteiger partial charge in [-0.3, -0.25) is 4.99 Å². The quantitative estimate of drug-likeness (QED) is 0.492. The maximum absolute atomic E-state index is 4.58. The van der Waals surface area contributed by atoms with Crippen molar-refractivity contribution in [2.45, 2.75) is 59.4 Å². The van der Waals surface area contributed by atoms with Crippen LogP contribution in [-0.2, 0) is 0 Å². The lowest BCUT2D eigenvalue weighted by atomic mass is 9.58. The molecule has 4 atom stereocenters. The summed E-state index contributed by atoms with van der Waals surface area (Å²) < 4.78 is 0. The Balaban J connectivity index is 2.36. The average Bonchev–Trinajstić information content (AvgIpc) is 2.65. The summed E-state index contributed by atoms with van der Waals surface area (Å²) in [6.07, 6.45) is 7.80. The van der Waals surface area contributed by atoms with E-state index in [1.54, 1.807) is 5.57 Å². The molecule has 0 N–H and O–H groups in total. The number of hydrogen-bond acceptors (Lipinski definition) is 1. The molecule has 0 saturated heterocycles. The molecule has 1 saturated carbocycles. The zero-order valence-electron chi connectivity index (χ0n) is 11.9. The van der Waals surface area contributed by atoms with Gasteiger partial charge in [-0.25, -0.2) is 0 Å². The maximum atomic E-state index is 4.58. The van der Waals surface area contributed by atoms with Crippen molar-refractivity contribution in [3.8, 4) is 0 Å². The van der Waals surface area contributed by atoms with E-state index in [2.05, 4.69) is 45.5 Å². The molecule has 0 aliphatic heterocycles. The van der Waals surface area contributed by atoms with E-state index in [0.717, 1.165) is 17.8 Å². The van der Waals surface area contributed by atoms with Crippen LogP contribution in [0.1, 0.15) is 53.4 Å². The van der Waals surface area contributed by atoms with Crippen molar-refractivity contribution in [2.24, 2.45) is 28.2 Å². The monoisotopic (exact) mass is 233 g/mol. The third-order valence-corrected chi connectivity index (χ3v) is 5.33. The summed E-state index contributed by atoms with van der Waals surface area (Å²) in [7, 11) is 0. The van der Waals surface area contributed by atoms with Crippen LogP contribution in [0.3, 0.4) is 0 Å². The van der Waals surface area contributed by atoms with Crippen molar-refractivity contribution >= 4 is 6.72 Å². The van der Waals surface area contributed by atoms with Gasteiger partial charge in [0.2, 0.25) is 0 Å². The Bertz CT molecular complexity index is 328. The molecular formula is C16H27N. The van der Waals surface area contributed by atoms with Gasteiger partial charge < -0.3 is 0 Å². The second kappa shape index (κ2) is 4.59. The lowest BCUT2D eigenvalue weighted by Gasteiger charge is -2.49. The van der Waals surface area contributed by atoms with Gasteiger partial charge in [-0.05, 0) is 57.1 Å². The topological polar surface area (TPSA) is 12.4 Å². The largest absolute Gasteiger partial charge is 0.296 e. The van der Waals surface area contributed by atoms with Gasteiger partial charge in [-0.1, -0.05) is 32.4 Å². The Labute approximate surface area is 106 Å². The van der Waals surface area contributed by atoms with Crippen molar-refractivity contribution in [2.75, 3.05) is 0 Å². The predicted octanol–water partition coefficient (Wildman–Crippen LogP) is 4.48. The summed E-state index contributed by atoms with van der Waals surface area (Å²) in [5.74, 6) is 2.22. The third-order valence-electron chi connectivity index (χ3n) is 5.33. The van der Waals surface area contributed by atoms with Gasteiger partial charge in [0.25, 0.3) is 0 Å². The number of rotatable bonds is 2. The molecule has 0 amide bonds. The third kappa shape index (κ3) is 1.98. The van der Waals surface area contributed by atoms with Crippen LogP contribution in [0.15, 0.2) is 16.6 Å². The molecule has 0 bridgehead atoms. The van der Waals surface area contributed by atoms with Gasteiger partial charge in [0.15, 0.2) is 0 Å². The molecule has 0 radical (unpaired) electrons. The molecule has 2 rings (SSSR count). The van der Waals surface area contributed by atoms with E-state index in [4.69, 9.17) is 0 Å². The van der Waals surface area contributed by atoms with Crippen LogP contribution in [0, 0.1) is 23.2 Å². The molecule has 96 valence electrons. The lowest BCUT2D eigenvalue weighted by Crippen LogP contribution is -2.47. The zero-order valence-corrected chi connectivity index (χ0v) is 11.9. The molecule has 0 aromatic rings. The molecular weight excluding hydrogens is 206 g/mol. The van der Waals surface area contributed by atoms with Crippen molar-refractivity contribution in [1.29, 1.82) is 0 Å². The van der Waals surface area contributed by atoms with Crippen LogP contribution in [0.5, 0.6) is 0 Å². The van der Waals surface area contributed by atoms with E-state index in [1.807, 2.05) is 0 Å². The smallest absolute Gasteiger partial charge is 0.0616 e. The van der Waals surface area contributed by atoms with Crippen LogP contribution in [0.4, 0.5) is 0 Å². The van der Waals surface area contributed by atoms with Gasteiger partial charge >= 0.3 is 0 Å². The molecule has 1 nitrogen and oxygen atoms in total. The predicted molar refractivity (Wildman–Crippen MR) is 75.5 cm³/mol. The second-order valence-electron chi connectivity index (χ2n) is 6.62. The van der Waals surface area contributed by atoms with E-state index >= 15 is 0 Å². The minimum Gasteiger partial charge on any atom is -0.296 e. The number of aliphatic imine (C=N–C) groups is 1. The van der Waals surface area contributed by atoms with E-state index in [9.17, 15) is 0 Å². The molecule has 1 fully saturated rings. The van der Waals surface area contributed by atoms with Crippen LogP contribution < -0.4 is 0 Å². The average molecular weight is 233 g/mol. The minimum atomic E-state index is 0.332. The van der Waals surface area contributed by atoms with Crippen molar-refractivity contribution in [3.63, 3.8) is 0 Å². The molecule has 2 aliphatic rings. The second-order valence-corrected chi connectivity index (χ2v) is 6.62. The minimum absolute atomic E-state index is 0.332. The molecule has 1 heteroatoms. The maximum Gasteiger partial charge on any atom is 0.0616 e. The molecule has 0 aromatic carbocycles. The van der Waals surface area contributed by atoms with Crippen LogP contribution in [-0.4, -0.2) is 12.8 Å². The van der Waals surface area contributed by atoms with Crippen molar-refractivity contribution in [3.05, 3.63) is 11.6 Å². The highest BCUT2D eigenvalue weighted by molar-refractivity contribution is 5.29. The van der Waals surface area contributed by atoms with Crippen LogP contribution >= 0.6 is 0 Å². The highest BCUT2D eigenvalue weighted by atomic mass is 14.8.